The number of para-hydroxylation sites is 4. The summed E-state index contributed by atoms with van der Waals surface area (Å²) in [4.78, 5) is 5.27. The zero-order valence-electron chi connectivity index (χ0n) is 34.4. The van der Waals surface area contributed by atoms with E-state index in [2.05, 4.69) is 167 Å². The average Bonchev–Trinajstić information content (AvgIpc) is 3.68. The van der Waals surface area contributed by atoms with Gasteiger partial charge in [0.1, 0.15) is 0 Å². The molecule has 0 N–H and O–H groups in total. The Hall–Kier alpha value is -7.84. The van der Waals surface area contributed by atoms with Crippen LogP contribution in [0.3, 0.4) is 0 Å². The van der Waals surface area contributed by atoms with Gasteiger partial charge in [0.25, 0.3) is 5.70 Å². The van der Waals surface area contributed by atoms with Gasteiger partial charge in [-0.2, -0.15) is 0 Å². The van der Waals surface area contributed by atoms with Crippen LogP contribution in [0.2, 0.25) is 0 Å². The number of halogens is 2. The van der Waals surface area contributed by atoms with Crippen molar-refractivity contribution in [3.8, 4) is 36.4 Å². The molecule has 0 atom stereocenters. The number of nitrogens with zero attached hydrogens (tertiary/aromatic N) is 4. The van der Waals surface area contributed by atoms with E-state index in [1.165, 1.54) is 33.1 Å². The number of hydrogen-bond donors (Lipinski definition) is 0. The number of rotatable bonds is 5. The summed E-state index contributed by atoms with van der Waals surface area (Å²) in [5.41, 5.74) is 11.0. The topological polar surface area (TPSA) is 36.3 Å². The second-order valence-corrected chi connectivity index (χ2v) is 15.7. The molecule has 0 amide bonds. The SMILES string of the molecule is Brc1ccc(-n2c3ccccc3c3ccccc32)cc1.C#Cc1ccc(C)cc1.C#Cc1ccc(N(c2ccccc2)c2ccccc2)cc1.[C-]#[N+]/C(C#N)=C/c1ccc(Br)cc1. The third kappa shape index (κ3) is 12.1. The number of aryl methyl sites for hydroxylation is 1. The summed E-state index contributed by atoms with van der Waals surface area (Å²) in [6.07, 6.45) is 12.1. The summed E-state index contributed by atoms with van der Waals surface area (Å²) in [6, 6.07) is 71.3. The molecule has 6 heteroatoms. The summed E-state index contributed by atoms with van der Waals surface area (Å²) >= 11 is 6.80. The zero-order valence-corrected chi connectivity index (χ0v) is 37.6. The third-order valence-electron chi connectivity index (χ3n) is 9.61. The zero-order chi connectivity index (χ0) is 44.4. The molecule has 0 saturated carbocycles. The van der Waals surface area contributed by atoms with Crippen molar-refractivity contribution in [2.24, 2.45) is 0 Å². The maximum Gasteiger partial charge on any atom is 0.262 e. The van der Waals surface area contributed by atoms with Gasteiger partial charge in [0, 0.05) is 53.6 Å². The highest BCUT2D eigenvalue weighted by atomic mass is 79.9. The number of hydrogen-bond acceptors (Lipinski definition) is 2. The van der Waals surface area contributed by atoms with Crippen molar-refractivity contribution >= 4 is 76.8 Å². The molecule has 9 aromatic rings. The van der Waals surface area contributed by atoms with E-state index in [4.69, 9.17) is 24.7 Å². The minimum absolute atomic E-state index is 0.0994. The molecule has 9 rings (SSSR count). The first kappa shape index (κ1) is 44.7. The minimum atomic E-state index is 0.0994. The van der Waals surface area contributed by atoms with Crippen LogP contribution in [0.5, 0.6) is 0 Å². The number of nitriles is 1. The summed E-state index contributed by atoms with van der Waals surface area (Å²) in [6.45, 7) is 8.72. The minimum Gasteiger partial charge on any atom is -0.311 e. The number of aromatic nitrogens is 1. The largest absolute Gasteiger partial charge is 0.311 e. The van der Waals surface area contributed by atoms with Crippen molar-refractivity contribution in [3.05, 3.63) is 255 Å². The lowest BCUT2D eigenvalue weighted by Crippen LogP contribution is -2.09. The Bertz CT molecular complexity index is 2980. The van der Waals surface area contributed by atoms with Gasteiger partial charge in [0.05, 0.1) is 23.7 Å². The molecular formula is C57H40Br2N4. The normalized spacial score (nSPS) is 10.2. The fraction of sp³-hybridized carbons (Fsp3) is 0.0175. The molecule has 0 fully saturated rings. The predicted molar refractivity (Wildman–Crippen MR) is 271 cm³/mol. The molecule has 0 saturated heterocycles. The predicted octanol–water partition coefficient (Wildman–Crippen LogP) is 15.9. The van der Waals surface area contributed by atoms with Gasteiger partial charge >= 0.3 is 0 Å². The summed E-state index contributed by atoms with van der Waals surface area (Å²) in [7, 11) is 0. The van der Waals surface area contributed by atoms with Gasteiger partial charge in [0.2, 0.25) is 0 Å². The highest BCUT2D eigenvalue weighted by molar-refractivity contribution is 9.10. The van der Waals surface area contributed by atoms with Crippen LogP contribution < -0.4 is 4.90 Å². The van der Waals surface area contributed by atoms with Crippen LogP contribution in [-0.2, 0) is 0 Å². The van der Waals surface area contributed by atoms with Crippen molar-refractivity contribution < 1.29 is 0 Å². The molecule has 8 aromatic carbocycles. The Labute approximate surface area is 387 Å². The second-order valence-electron chi connectivity index (χ2n) is 13.9. The number of allylic oxidation sites excluding steroid dienone is 1. The molecule has 1 aromatic heterocycles. The first-order chi connectivity index (χ1) is 30.8. The van der Waals surface area contributed by atoms with E-state index in [-0.39, 0.29) is 5.70 Å². The van der Waals surface area contributed by atoms with E-state index in [1.54, 1.807) is 6.08 Å². The Balaban J connectivity index is 0.000000147. The average molecular weight is 941 g/mol. The smallest absolute Gasteiger partial charge is 0.262 e. The Morgan fingerprint density at radius 3 is 1.41 bits per heavy atom. The van der Waals surface area contributed by atoms with Gasteiger partial charge < -0.3 is 9.47 Å². The second kappa shape index (κ2) is 22.7. The third-order valence-corrected chi connectivity index (χ3v) is 10.7. The molecule has 0 aliphatic heterocycles. The first-order valence-electron chi connectivity index (χ1n) is 19.8. The summed E-state index contributed by atoms with van der Waals surface area (Å²) in [5.74, 6) is 5.21. The van der Waals surface area contributed by atoms with E-state index in [0.29, 0.717) is 0 Å². The molecule has 1 heterocycles. The van der Waals surface area contributed by atoms with Gasteiger partial charge in [-0.25, -0.2) is 10.1 Å². The van der Waals surface area contributed by atoms with Crippen LogP contribution in [0, 0.1) is 49.5 Å². The standard InChI is InChI=1S/C20H15N.C18H12BrN.C10H5BrN2.C9H8/c1-2-17-13-15-20(16-14-17)21(18-9-5-3-6-10-18)19-11-7-4-8-12-19;19-13-9-11-14(12-10-13)20-17-7-3-1-5-15(17)16-6-2-4-8-18(16)20;1-13-10(7-12)6-8-2-4-9(11)5-3-8;1-3-9-6-4-8(2)5-7-9/h1,3-16H;1-12H;2-6H;1,4-7H,2H3/b;;10-6+;. The quantitative estimate of drug-likeness (QED) is 0.0979. The van der Waals surface area contributed by atoms with E-state index in [1.807, 2.05) is 110 Å². The maximum atomic E-state index is 8.50. The molecule has 0 bridgehead atoms. The molecule has 0 aliphatic rings. The fourth-order valence-corrected chi connectivity index (χ4v) is 7.08. The van der Waals surface area contributed by atoms with Crippen LogP contribution in [0.1, 0.15) is 22.3 Å². The molecule has 0 spiro atoms. The molecule has 63 heavy (non-hydrogen) atoms. The lowest BCUT2D eigenvalue weighted by Gasteiger charge is -2.25. The molecular weight excluding hydrogens is 900 g/mol. The molecule has 0 aliphatic carbocycles. The first-order valence-corrected chi connectivity index (χ1v) is 21.4. The lowest BCUT2D eigenvalue weighted by molar-refractivity contribution is 1.18. The number of benzene rings is 8. The van der Waals surface area contributed by atoms with E-state index >= 15 is 0 Å². The van der Waals surface area contributed by atoms with Gasteiger partial charge in [-0.15, -0.1) is 12.8 Å². The van der Waals surface area contributed by atoms with Crippen molar-refractivity contribution in [1.29, 1.82) is 5.26 Å². The number of anilines is 3. The van der Waals surface area contributed by atoms with Gasteiger partial charge in [-0.1, -0.05) is 146 Å². The van der Waals surface area contributed by atoms with Crippen molar-refractivity contribution in [2.45, 2.75) is 6.92 Å². The molecule has 4 nitrogen and oxygen atoms in total. The van der Waals surface area contributed by atoms with Crippen molar-refractivity contribution in [3.63, 3.8) is 0 Å². The van der Waals surface area contributed by atoms with E-state index in [0.717, 1.165) is 42.7 Å². The molecule has 302 valence electrons. The summed E-state index contributed by atoms with van der Waals surface area (Å²) in [5, 5.41) is 11.1. The maximum absolute atomic E-state index is 8.50. The fourth-order valence-electron chi connectivity index (χ4n) is 6.56. The Kier molecular flexibility index (Phi) is 16.1. The van der Waals surface area contributed by atoms with Crippen molar-refractivity contribution in [2.75, 3.05) is 4.90 Å². The van der Waals surface area contributed by atoms with Crippen LogP contribution in [0.4, 0.5) is 17.1 Å². The highest BCUT2D eigenvalue weighted by Crippen LogP contribution is 2.34. The van der Waals surface area contributed by atoms with Gasteiger partial charge in [0.15, 0.2) is 0 Å². The van der Waals surface area contributed by atoms with Crippen molar-refractivity contribution in [1.82, 2.24) is 4.57 Å². The molecule has 0 unspecified atom stereocenters. The van der Waals surface area contributed by atoms with Crippen LogP contribution >= 0.6 is 31.9 Å². The highest BCUT2D eigenvalue weighted by Gasteiger charge is 2.12. The number of terminal acetylenes is 2. The summed E-state index contributed by atoms with van der Waals surface area (Å²) < 4.78 is 4.39. The molecule has 0 radical (unpaired) electrons. The number of fused-ring (bicyclic) bond motifs is 3. The van der Waals surface area contributed by atoms with Crippen LogP contribution in [0.15, 0.2) is 221 Å². The lowest BCUT2D eigenvalue weighted by atomic mass is 10.1. The van der Waals surface area contributed by atoms with Crippen LogP contribution in [0.25, 0.3) is 38.4 Å². The Morgan fingerprint density at radius 2 is 0.968 bits per heavy atom. The Morgan fingerprint density at radius 1 is 0.556 bits per heavy atom. The van der Waals surface area contributed by atoms with E-state index in [9.17, 15) is 0 Å². The van der Waals surface area contributed by atoms with Gasteiger partial charge in [-0.05, 0) is 128 Å². The van der Waals surface area contributed by atoms with E-state index < -0.39 is 0 Å². The monoisotopic (exact) mass is 938 g/mol. The van der Waals surface area contributed by atoms with Gasteiger partial charge in [-0.3, -0.25) is 0 Å². The van der Waals surface area contributed by atoms with Crippen LogP contribution in [-0.4, -0.2) is 4.57 Å².